The van der Waals surface area contributed by atoms with Crippen LogP contribution in [0.2, 0.25) is 0 Å². The SMILES string of the molecule is Cc1cccc(C[C@@H]2CCCN(C(=O)c3cccn3C)C2)n1. The molecule has 1 aliphatic rings. The van der Waals surface area contributed by atoms with Crippen molar-refractivity contribution in [3.8, 4) is 0 Å². The second-order valence-corrected chi connectivity index (χ2v) is 6.24. The van der Waals surface area contributed by atoms with Crippen molar-refractivity contribution < 1.29 is 4.79 Å². The van der Waals surface area contributed by atoms with Crippen LogP contribution in [0, 0.1) is 12.8 Å². The zero-order valence-corrected chi connectivity index (χ0v) is 13.3. The van der Waals surface area contributed by atoms with Gasteiger partial charge >= 0.3 is 0 Å². The second kappa shape index (κ2) is 6.34. The Kier molecular flexibility index (Phi) is 4.27. The number of nitrogens with zero attached hydrogens (tertiary/aromatic N) is 3. The average Bonchev–Trinajstić information content (AvgIpc) is 2.93. The Hall–Kier alpha value is -2.10. The van der Waals surface area contributed by atoms with E-state index in [-0.39, 0.29) is 5.91 Å². The molecule has 0 radical (unpaired) electrons. The Morgan fingerprint density at radius 1 is 1.32 bits per heavy atom. The van der Waals surface area contributed by atoms with Crippen molar-refractivity contribution in [1.29, 1.82) is 0 Å². The van der Waals surface area contributed by atoms with Crippen LogP contribution < -0.4 is 0 Å². The second-order valence-electron chi connectivity index (χ2n) is 6.24. The van der Waals surface area contributed by atoms with Crippen LogP contribution in [0.25, 0.3) is 0 Å². The van der Waals surface area contributed by atoms with Gasteiger partial charge in [-0.15, -0.1) is 0 Å². The lowest BCUT2D eigenvalue weighted by atomic mass is 9.93. The third-order valence-corrected chi connectivity index (χ3v) is 4.41. The Bertz CT molecular complexity index is 662. The summed E-state index contributed by atoms with van der Waals surface area (Å²) in [6, 6.07) is 9.99. The molecule has 1 fully saturated rings. The topological polar surface area (TPSA) is 38.1 Å². The Morgan fingerprint density at radius 2 is 2.18 bits per heavy atom. The highest BCUT2D eigenvalue weighted by Gasteiger charge is 2.25. The Labute approximate surface area is 131 Å². The molecular formula is C18H23N3O. The number of pyridine rings is 1. The van der Waals surface area contributed by atoms with Crippen molar-refractivity contribution in [3.05, 3.63) is 53.6 Å². The lowest BCUT2D eigenvalue weighted by Gasteiger charge is -2.32. The fraction of sp³-hybridized carbons (Fsp3) is 0.444. The predicted octanol–water partition coefficient (Wildman–Crippen LogP) is 2.82. The van der Waals surface area contributed by atoms with Gasteiger partial charge in [-0.25, -0.2) is 0 Å². The van der Waals surface area contributed by atoms with Crippen LogP contribution in [0.15, 0.2) is 36.5 Å². The first-order valence-electron chi connectivity index (χ1n) is 7.96. The molecule has 0 spiro atoms. The number of hydrogen-bond acceptors (Lipinski definition) is 2. The molecule has 0 saturated carbocycles. The summed E-state index contributed by atoms with van der Waals surface area (Å²) in [5, 5.41) is 0. The summed E-state index contributed by atoms with van der Waals surface area (Å²) >= 11 is 0. The number of carbonyl (C=O) groups excluding carboxylic acids is 1. The Morgan fingerprint density at radius 3 is 2.91 bits per heavy atom. The van der Waals surface area contributed by atoms with E-state index in [0.29, 0.717) is 5.92 Å². The molecule has 22 heavy (non-hydrogen) atoms. The largest absolute Gasteiger partial charge is 0.347 e. The molecule has 2 aromatic rings. The van der Waals surface area contributed by atoms with Crippen LogP contribution in [-0.2, 0) is 13.5 Å². The predicted molar refractivity (Wildman–Crippen MR) is 86.7 cm³/mol. The quantitative estimate of drug-likeness (QED) is 0.873. The molecule has 0 aromatic carbocycles. The highest BCUT2D eigenvalue weighted by Crippen LogP contribution is 2.22. The fourth-order valence-electron chi connectivity index (χ4n) is 3.27. The third kappa shape index (κ3) is 3.21. The molecule has 2 aromatic heterocycles. The van der Waals surface area contributed by atoms with Gasteiger partial charge in [0.2, 0.25) is 0 Å². The molecule has 1 saturated heterocycles. The maximum Gasteiger partial charge on any atom is 0.270 e. The lowest BCUT2D eigenvalue weighted by molar-refractivity contribution is 0.0663. The number of hydrogen-bond donors (Lipinski definition) is 0. The van der Waals surface area contributed by atoms with Crippen LogP contribution >= 0.6 is 0 Å². The van der Waals surface area contributed by atoms with Gasteiger partial charge in [0, 0.05) is 37.7 Å². The van der Waals surface area contributed by atoms with E-state index in [4.69, 9.17) is 0 Å². The maximum atomic E-state index is 12.6. The molecule has 1 amide bonds. The van der Waals surface area contributed by atoms with Gasteiger partial charge < -0.3 is 9.47 Å². The highest BCUT2D eigenvalue weighted by atomic mass is 16.2. The molecule has 3 heterocycles. The van der Waals surface area contributed by atoms with Gasteiger partial charge in [-0.2, -0.15) is 0 Å². The minimum atomic E-state index is 0.148. The minimum absolute atomic E-state index is 0.148. The van der Waals surface area contributed by atoms with Crippen molar-refractivity contribution >= 4 is 5.91 Å². The monoisotopic (exact) mass is 297 g/mol. The summed E-state index contributed by atoms with van der Waals surface area (Å²) in [5.74, 6) is 0.654. The number of aryl methyl sites for hydroxylation is 2. The van der Waals surface area contributed by atoms with Crippen molar-refractivity contribution in [2.24, 2.45) is 13.0 Å². The average molecular weight is 297 g/mol. The summed E-state index contributed by atoms with van der Waals surface area (Å²) < 4.78 is 1.90. The molecule has 0 bridgehead atoms. The van der Waals surface area contributed by atoms with Crippen LogP contribution in [0.3, 0.4) is 0 Å². The molecule has 3 rings (SSSR count). The van der Waals surface area contributed by atoms with E-state index in [2.05, 4.69) is 17.1 Å². The number of carbonyl (C=O) groups is 1. The molecule has 1 aliphatic heterocycles. The molecule has 0 aliphatic carbocycles. The standard InChI is InChI=1S/C18H23N3O/c1-14-6-3-8-16(19-14)12-15-7-4-11-21(13-15)18(22)17-9-5-10-20(17)2/h3,5-6,8-10,15H,4,7,11-13H2,1-2H3/t15-/m0/s1. The van der Waals surface area contributed by atoms with E-state index in [9.17, 15) is 4.79 Å². The smallest absolute Gasteiger partial charge is 0.270 e. The van der Waals surface area contributed by atoms with Crippen molar-refractivity contribution in [3.63, 3.8) is 0 Å². The van der Waals surface area contributed by atoms with Crippen molar-refractivity contribution in [2.45, 2.75) is 26.2 Å². The number of likely N-dealkylation sites (tertiary alicyclic amines) is 1. The lowest BCUT2D eigenvalue weighted by Crippen LogP contribution is -2.41. The maximum absolute atomic E-state index is 12.6. The number of rotatable bonds is 3. The molecule has 4 nitrogen and oxygen atoms in total. The first-order chi connectivity index (χ1) is 10.6. The van der Waals surface area contributed by atoms with Crippen molar-refractivity contribution in [1.82, 2.24) is 14.5 Å². The van der Waals surface area contributed by atoms with Gasteiger partial charge in [0.05, 0.1) is 0 Å². The molecular weight excluding hydrogens is 274 g/mol. The van der Waals surface area contributed by atoms with E-state index < -0.39 is 0 Å². The van der Waals surface area contributed by atoms with E-state index in [1.165, 1.54) is 6.42 Å². The summed E-state index contributed by atoms with van der Waals surface area (Å²) in [7, 11) is 1.92. The molecule has 0 N–H and O–H groups in total. The van der Waals surface area contributed by atoms with Gasteiger partial charge in [0.15, 0.2) is 0 Å². The zero-order valence-electron chi connectivity index (χ0n) is 13.3. The first kappa shape index (κ1) is 14.8. The van der Waals surface area contributed by atoms with Gasteiger partial charge in [0.1, 0.15) is 5.69 Å². The summed E-state index contributed by atoms with van der Waals surface area (Å²) in [5.41, 5.74) is 2.97. The normalized spacial score (nSPS) is 18.5. The number of aromatic nitrogens is 2. The summed E-state index contributed by atoms with van der Waals surface area (Å²) in [4.78, 5) is 19.2. The summed E-state index contributed by atoms with van der Waals surface area (Å²) in [6.45, 7) is 3.72. The minimum Gasteiger partial charge on any atom is -0.347 e. The van der Waals surface area contributed by atoms with E-state index in [0.717, 1.165) is 43.0 Å². The van der Waals surface area contributed by atoms with Gasteiger partial charge in [-0.05, 0) is 56.4 Å². The summed E-state index contributed by atoms with van der Waals surface area (Å²) in [6.07, 6.45) is 5.13. The van der Waals surface area contributed by atoms with E-state index in [1.807, 2.05) is 47.8 Å². The first-order valence-corrected chi connectivity index (χ1v) is 7.96. The van der Waals surface area contributed by atoms with Gasteiger partial charge in [0.25, 0.3) is 5.91 Å². The number of amides is 1. The molecule has 4 heteroatoms. The number of piperidine rings is 1. The Balaban J connectivity index is 1.67. The van der Waals surface area contributed by atoms with Crippen LogP contribution in [-0.4, -0.2) is 33.4 Å². The van der Waals surface area contributed by atoms with Crippen LogP contribution in [0.1, 0.15) is 34.7 Å². The van der Waals surface area contributed by atoms with Crippen molar-refractivity contribution in [2.75, 3.05) is 13.1 Å². The molecule has 0 unspecified atom stereocenters. The van der Waals surface area contributed by atoms with Gasteiger partial charge in [-0.1, -0.05) is 6.07 Å². The van der Waals surface area contributed by atoms with Crippen LogP contribution in [0.5, 0.6) is 0 Å². The highest BCUT2D eigenvalue weighted by molar-refractivity contribution is 5.92. The fourth-order valence-corrected chi connectivity index (χ4v) is 3.27. The third-order valence-electron chi connectivity index (χ3n) is 4.41. The zero-order chi connectivity index (χ0) is 15.5. The van der Waals surface area contributed by atoms with Crippen LogP contribution in [0.4, 0.5) is 0 Å². The molecule has 1 atom stereocenters. The van der Waals surface area contributed by atoms with Gasteiger partial charge in [-0.3, -0.25) is 9.78 Å². The molecule has 116 valence electrons. The van der Waals surface area contributed by atoms with E-state index in [1.54, 1.807) is 0 Å². The van der Waals surface area contributed by atoms with E-state index >= 15 is 0 Å².